The van der Waals surface area contributed by atoms with Crippen LogP contribution in [-0.4, -0.2) is 50.7 Å². The Kier molecular flexibility index (Phi) is 6.56. The standard InChI is InChI=1S/C22H28N4O4/c1-15-6-5-7-19(17(15)3)25-10-8-24(9-11-25)14-22(27)23-18-13-21(30-4)20(26(28)29)12-16(18)2/h5-7,12-13H,8-11,14H2,1-4H3,(H,23,27)/p+1. The van der Waals surface area contributed by atoms with Crippen molar-refractivity contribution in [2.45, 2.75) is 20.8 Å². The summed E-state index contributed by atoms with van der Waals surface area (Å²) in [6.45, 7) is 9.93. The van der Waals surface area contributed by atoms with Gasteiger partial charge in [0, 0.05) is 23.5 Å². The largest absolute Gasteiger partial charge is 0.490 e. The number of nitro benzene ring substituents is 1. The van der Waals surface area contributed by atoms with Gasteiger partial charge in [-0.25, -0.2) is 0 Å². The molecule has 0 saturated carbocycles. The van der Waals surface area contributed by atoms with Crippen LogP contribution >= 0.6 is 0 Å². The van der Waals surface area contributed by atoms with Crippen LogP contribution in [0.3, 0.4) is 0 Å². The number of nitro groups is 1. The van der Waals surface area contributed by atoms with Crippen molar-refractivity contribution in [3.63, 3.8) is 0 Å². The second-order valence-corrected chi connectivity index (χ2v) is 7.78. The molecule has 160 valence electrons. The number of carbonyl (C=O) groups is 1. The van der Waals surface area contributed by atoms with Crippen LogP contribution in [0, 0.1) is 30.9 Å². The van der Waals surface area contributed by atoms with E-state index < -0.39 is 4.92 Å². The molecule has 0 spiro atoms. The molecule has 8 nitrogen and oxygen atoms in total. The first-order valence-electron chi connectivity index (χ1n) is 10.1. The molecule has 2 N–H and O–H groups in total. The lowest BCUT2D eigenvalue weighted by Gasteiger charge is -2.34. The molecule has 30 heavy (non-hydrogen) atoms. The summed E-state index contributed by atoms with van der Waals surface area (Å²) in [5.41, 5.74) is 4.92. The SMILES string of the molecule is COc1cc(NC(=O)C[NH+]2CCN(c3cccc(C)c3C)CC2)c(C)cc1[N+](=O)[O-]. The lowest BCUT2D eigenvalue weighted by molar-refractivity contribution is -0.892. The van der Waals surface area contributed by atoms with Crippen LogP contribution in [0.25, 0.3) is 0 Å². The zero-order chi connectivity index (χ0) is 21.8. The van der Waals surface area contributed by atoms with E-state index in [0.29, 0.717) is 17.8 Å². The molecule has 1 saturated heterocycles. The van der Waals surface area contributed by atoms with Crippen LogP contribution in [0.5, 0.6) is 5.75 Å². The van der Waals surface area contributed by atoms with Gasteiger partial charge in [-0.3, -0.25) is 14.9 Å². The first kappa shape index (κ1) is 21.6. The number of piperazine rings is 1. The monoisotopic (exact) mass is 413 g/mol. The number of quaternary nitrogens is 1. The minimum Gasteiger partial charge on any atom is -0.490 e. The van der Waals surface area contributed by atoms with Gasteiger partial charge < -0.3 is 19.9 Å². The summed E-state index contributed by atoms with van der Waals surface area (Å²) >= 11 is 0. The molecular weight excluding hydrogens is 384 g/mol. The van der Waals surface area contributed by atoms with Crippen molar-refractivity contribution in [3.8, 4) is 5.75 Å². The number of rotatable bonds is 6. The van der Waals surface area contributed by atoms with Crippen molar-refractivity contribution in [1.29, 1.82) is 0 Å². The molecule has 0 radical (unpaired) electrons. The number of aryl methyl sites for hydroxylation is 2. The lowest BCUT2D eigenvalue weighted by atomic mass is 10.1. The fourth-order valence-electron chi connectivity index (χ4n) is 3.85. The molecule has 0 bridgehead atoms. The van der Waals surface area contributed by atoms with Gasteiger partial charge in [0.2, 0.25) is 0 Å². The van der Waals surface area contributed by atoms with Crippen LogP contribution < -0.4 is 19.9 Å². The number of nitrogens with zero attached hydrogens (tertiary/aromatic N) is 2. The fraction of sp³-hybridized carbons (Fsp3) is 0.409. The van der Waals surface area contributed by atoms with Crippen molar-refractivity contribution >= 4 is 23.0 Å². The Morgan fingerprint density at radius 3 is 2.53 bits per heavy atom. The normalized spacial score (nSPS) is 14.5. The summed E-state index contributed by atoms with van der Waals surface area (Å²) in [6.07, 6.45) is 0. The molecule has 1 amide bonds. The first-order chi connectivity index (χ1) is 14.3. The number of amides is 1. The number of hydrogen-bond donors (Lipinski definition) is 2. The van der Waals surface area contributed by atoms with E-state index in [1.54, 1.807) is 6.92 Å². The second-order valence-electron chi connectivity index (χ2n) is 7.78. The summed E-state index contributed by atoms with van der Waals surface area (Å²) in [4.78, 5) is 26.8. The Morgan fingerprint density at radius 2 is 1.90 bits per heavy atom. The van der Waals surface area contributed by atoms with Crippen LogP contribution in [0.2, 0.25) is 0 Å². The van der Waals surface area contributed by atoms with Gasteiger partial charge in [0.25, 0.3) is 5.91 Å². The fourth-order valence-corrected chi connectivity index (χ4v) is 3.85. The van der Waals surface area contributed by atoms with E-state index in [1.165, 1.54) is 41.0 Å². The number of methoxy groups -OCH3 is 1. The van der Waals surface area contributed by atoms with Crippen molar-refractivity contribution in [2.75, 3.05) is 50.1 Å². The third-order valence-electron chi connectivity index (χ3n) is 5.79. The number of benzene rings is 2. The van der Waals surface area contributed by atoms with E-state index in [-0.39, 0.29) is 17.3 Å². The minimum atomic E-state index is -0.489. The van der Waals surface area contributed by atoms with Gasteiger partial charge >= 0.3 is 5.69 Å². The second kappa shape index (κ2) is 9.13. The maximum atomic E-state index is 12.6. The summed E-state index contributed by atoms with van der Waals surface area (Å²) in [5, 5.41) is 14.0. The minimum absolute atomic E-state index is 0.107. The average Bonchev–Trinajstić information content (AvgIpc) is 2.72. The van der Waals surface area contributed by atoms with Gasteiger partial charge in [0.05, 0.1) is 38.2 Å². The predicted octanol–water partition coefficient (Wildman–Crippen LogP) is 1.87. The van der Waals surface area contributed by atoms with Crippen molar-refractivity contribution < 1.29 is 19.4 Å². The molecule has 0 aliphatic carbocycles. The Bertz CT molecular complexity index is 952. The van der Waals surface area contributed by atoms with Crippen LogP contribution in [0.1, 0.15) is 16.7 Å². The Labute approximate surface area is 176 Å². The lowest BCUT2D eigenvalue weighted by Crippen LogP contribution is -3.15. The number of ether oxygens (including phenoxy) is 1. The molecule has 0 unspecified atom stereocenters. The van der Waals surface area contributed by atoms with Crippen molar-refractivity contribution in [3.05, 3.63) is 57.1 Å². The van der Waals surface area contributed by atoms with E-state index >= 15 is 0 Å². The van der Waals surface area contributed by atoms with E-state index in [4.69, 9.17) is 4.74 Å². The zero-order valence-electron chi connectivity index (χ0n) is 17.9. The molecule has 3 rings (SSSR count). The van der Waals surface area contributed by atoms with Gasteiger partial charge in [-0.2, -0.15) is 0 Å². The van der Waals surface area contributed by atoms with Gasteiger partial charge in [-0.15, -0.1) is 0 Å². The summed E-state index contributed by atoms with van der Waals surface area (Å²) in [7, 11) is 1.38. The van der Waals surface area contributed by atoms with Crippen LogP contribution in [0.4, 0.5) is 17.1 Å². The third-order valence-corrected chi connectivity index (χ3v) is 5.79. The maximum absolute atomic E-state index is 12.6. The maximum Gasteiger partial charge on any atom is 0.311 e. The van der Waals surface area contributed by atoms with Crippen molar-refractivity contribution in [2.24, 2.45) is 0 Å². The molecule has 1 heterocycles. The van der Waals surface area contributed by atoms with Gasteiger partial charge in [0.1, 0.15) is 0 Å². The molecule has 1 aliphatic rings. The zero-order valence-corrected chi connectivity index (χ0v) is 17.9. The highest BCUT2D eigenvalue weighted by molar-refractivity contribution is 5.92. The van der Waals surface area contributed by atoms with Crippen LogP contribution in [0.15, 0.2) is 30.3 Å². The van der Waals surface area contributed by atoms with E-state index in [2.05, 4.69) is 42.3 Å². The molecule has 1 aliphatic heterocycles. The van der Waals surface area contributed by atoms with Crippen LogP contribution in [-0.2, 0) is 4.79 Å². The van der Waals surface area contributed by atoms with Gasteiger partial charge in [0.15, 0.2) is 12.3 Å². The highest BCUT2D eigenvalue weighted by Gasteiger charge is 2.24. The molecule has 8 heteroatoms. The molecule has 1 fully saturated rings. The summed E-state index contributed by atoms with van der Waals surface area (Å²) in [6, 6.07) is 9.30. The number of anilines is 2. The van der Waals surface area contributed by atoms with Gasteiger partial charge in [-0.1, -0.05) is 12.1 Å². The highest BCUT2D eigenvalue weighted by Crippen LogP contribution is 2.32. The smallest absolute Gasteiger partial charge is 0.311 e. The molecule has 2 aromatic carbocycles. The Morgan fingerprint density at radius 1 is 1.20 bits per heavy atom. The molecule has 0 atom stereocenters. The van der Waals surface area contributed by atoms with E-state index in [1.807, 2.05) is 0 Å². The first-order valence-corrected chi connectivity index (χ1v) is 10.1. The molecular formula is C22H29N4O4+. The molecule has 0 aromatic heterocycles. The number of carbonyl (C=O) groups excluding carboxylic acids is 1. The number of nitrogens with one attached hydrogen (secondary N) is 2. The molecule has 2 aromatic rings. The summed E-state index contributed by atoms with van der Waals surface area (Å²) in [5.74, 6) is 0.0274. The topological polar surface area (TPSA) is 89.2 Å². The summed E-state index contributed by atoms with van der Waals surface area (Å²) < 4.78 is 5.10. The van der Waals surface area contributed by atoms with E-state index in [9.17, 15) is 14.9 Å². The third kappa shape index (κ3) is 4.71. The highest BCUT2D eigenvalue weighted by atomic mass is 16.6. The number of hydrogen-bond acceptors (Lipinski definition) is 5. The van der Waals surface area contributed by atoms with Gasteiger partial charge in [-0.05, 0) is 43.5 Å². The Hall–Kier alpha value is -3.13. The Balaban J connectivity index is 1.59. The predicted molar refractivity (Wildman–Crippen MR) is 117 cm³/mol. The van der Waals surface area contributed by atoms with E-state index in [0.717, 1.165) is 26.2 Å². The van der Waals surface area contributed by atoms with Crippen molar-refractivity contribution in [1.82, 2.24) is 0 Å². The quantitative estimate of drug-likeness (QED) is 0.558. The average molecular weight is 413 g/mol.